The van der Waals surface area contributed by atoms with Gasteiger partial charge in [0.25, 0.3) is 0 Å². The molecule has 0 bridgehead atoms. The Morgan fingerprint density at radius 2 is 1.65 bits per heavy atom. The lowest BCUT2D eigenvalue weighted by molar-refractivity contribution is -0.325. The predicted molar refractivity (Wildman–Crippen MR) is 111 cm³/mol. The van der Waals surface area contributed by atoms with Crippen LogP contribution in [0.4, 0.5) is 0 Å². The lowest BCUT2D eigenvalue weighted by Gasteiger charge is -2.44. The molecule has 2 aromatic carbocycles. The summed E-state index contributed by atoms with van der Waals surface area (Å²) in [6.07, 6.45) is -12.1. The van der Waals surface area contributed by atoms with Gasteiger partial charge in [-0.15, -0.1) is 0 Å². The number of ether oxygens (including phenoxy) is 4. The van der Waals surface area contributed by atoms with Gasteiger partial charge in [0.1, 0.15) is 53.9 Å². The van der Waals surface area contributed by atoms with Crippen LogP contribution in [0, 0.1) is 0 Å². The molecule has 2 aliphatic rings. The van der Waals surface area contributed by atoms with Gasteiger partial charge in [-0.3, -0.25) is 0 Å². The molecule has 8 unspecified atom stereocenters. The summed E-state index contributed by atoms with van der Waals surface area (Å²) < 4.78 is 22.1. The molecule has 4 rings (SSSR count). The largest absolute Gasteiger partial charge is 0.508 e. The number of fused-ring (bicyclic) bond motifs is 1. The quantitative estimate of drug-likeness (QED) is 0.263. The van der Waals surface area contributed by atoms with E-state index in [2.05, 4.69) is 0 Å². The Balaban J connectivity index is 1.74. The zero-order valence-corrected chi connectivity index (χ0v) is 17.9. The summed E-state index contributed by atoms with van der Waals surface area (Å²) >= 11 is 0. The number of rotatable bonds is 5. The van der Waals surface area contributed by atoms with Gasteiger partial charge < -0.3 is 59.8 Å². The highest BCUT2D eigenvalue weighted by molar-refractivity contribution is 5.53. The lowest BCUT2D eigenvalue weighted by Crippen LogP contribution is -2.60. The van der Waals surface area contributed by atoms with Gasteiger partial charge in [0.2, 0.25) is 0 Å². The SMILES string of the molecule is COc1ccc(C2Oc3cc(O)cc(O)c3C(O)C2OC2OC(CO)C(O)C(O)C2O)cc1O. The van der Waals surface area contributed by atoms with Gasteiger partial charge in [-0.25, -0.2) is 0 Å². The third kappa shape index (κ3) is 4.20. The average Bonchev–Trinajstić information content (AvgIpc) is 2.80. The maximum atomic E-state index is 11.1. The van der Waals surface area contributed by atoms with Crippen molar-refractivity contribution < 1.29 is 59.8 Å². The number of aromatic hydroxyl groups is 3. The van der Waals surface area contributed by atoms with Crippen molar-refractivity contribution in [1.82, 2.24) is 0 Å². The molecule has 0 spiro atoms. The van der Waals surface area contributed by atoms with Gasteiger partial charge in [0.15, 0.2) is 23.9 Å². The summed E-state index contributed by atoms with van der Waals surface area (Å²) in [6, 6.07) is 6.44. The fraction of sp³-hybridized carbons (Fsp3) is 0.455. The van der Waals surface area contributed by atoms with E-state index in [-0.39, 0.29) is 28.6 Å². The molecule has 2 aromatic rings. The van der Waals surface area contributed by atoms with Crippen molar-refractivity contribution in [1.29, 1.82) is 0 Å². The average molecular weight is 482 g/mol. The van der Waals surface area contributed by atoms with Crippen LogP contribution in [0.3, 0.4) is 0 Å². The minimum Gasteiger partial charge on any atom is -0.508 e. The Labute approximate surface area is 193 Å². The van der Waals surface area contributed by atoms with Gasteiger partial charge in [-0.05, 0) is 17.7 Å². The molecule has 0 amide bonds. The molecule has 0 radical (unpaired) electrons. The van der Waals surface area contributed by atoms with Gasteiger partial charge in [-0.2, -0.15) is 0 Å². The van der Waals surface area contributed by atoms with Crippen LogP contribution in [0.1, 0.15) is 23.3 Å². The highest BCUT2D eigenvalue weighted by Gasteiger charge is 2.49. The molecule has 1 saturated heterocycles. The first-order valence-electron chi connectivity index (χ1n) is 10.4. The molecular weight excluding hydrogens is 456 g/mol. The Bertz CT molecular complexity index is 1030. The molecule has 12 nitrogen and oxygen atoms in total. The third-order valence-electron chi connectivity index (χ3n) is 5.94. The van der Waals surface area contributed by atoms with Gasteiger partial charge >= 0.3 is 0 Å². The number of hydrogen-bond donors (Lipinski definition) is 8. The van der Waals surface area contributed by atoms with Crippen molar-refractivity contribution >= 4 is 0 Å². The van der Waals surface area contributed by atoms with Crippen LogP contribution in [-0.4, -0.2) is 91.4 Å². The van der Waals surface area contributed by atoms with E-state index in [1.165, 1.54) is 31.4 Å². The number of phenolic OH excluding ortho intramolecular Hbond substituents is 3. The minimum atomic E-state index is -1.76. The van der Waals surface area contributed by atoms with E-state index >= 15 is 0 Å². The maximum absolute atomic E-state index is 11.1. The summed E-state index contributed by atoms with van der Waals surface area (Å²) in [5.74, 6) is -0.940. The molecular formula is C22H26O12. The second-order valence-electron chi connectivity index (χ2n) is 8.09. The number of methoxy groups -OCH3 is 1. The van der Waals surface area contributed by atoms with Crippen molar-refractivity contribution in [3.8, 4) is 28.7 Å². The molecule has 8 atom stereocenters. The molecule has 0 aromatic heterocycles. The van der Waals surface area contributed by atoms with Crippen LogP contribution < -0.4 is 9.47 Å². The van der Waals surface area contributed by atoms with Crippen molar-refractivity contribution in [2.45, 2.75) is 49.0 Å². The van der Waals surface area contributed by atoms with Crippen LogP contribution in [0.15, 0.2) is 30.3 Å². The van der Waals surface area contributed by atoms with Crippen LogP contribution in [0.2, 0.25) is 0 Å². The van der Waals surface area contributed by atoms with E-state index in [4.69, 9.17) is 18.9 Å². The Morgan fingerprint density at radius 3 is 2.29 bits per heavy atom. The van der Waals surface area contributed by atoms with Crippen LogP contribution in [-0.2, 0) is 9.47 Å². The van der Waals surface area contributed by atoms with E-state index in [9.17, 15) is 40.9 Å². The second-order valence-corrected chi connectivity index (χ2v) is 8.09. The van der Waals surface area contributed by atoms with E-state index in [1.54, 1.807) is 0 Å². The minimum absolute atomic E-state index is 0.0565. The summed E-state index contributed by atoms with van der Waals surface area (Å²) in [5.41, 5.74) is 0.182. The standard InChI is InChI=1S/C22H26O12/c1-31-12-3-2-8(4-10(12)25)20-21(17(28)15-11(26)5-9(24)6-13(15)32-20)34-22-19(30)18(29)16(27)14(7-23)33-22/h2-6,14,16-30H,7H2,1H3. The molecule has 1 fully saturated rings. The van der Waals surface area contributed by atoms with E-state index in [1.807, 2.05) is 0 Å². The van der Waals surface area contributed by atoms with Gasteiger partial charge in [-0.1, -0.05) is 6.07 Å². The second kappa shape index (κ2) is 9.43. The molecule has 2 aliphatic heterocycles. The zero-order chi connectivity index (χ0) is 24.7. The third-order valence-corrected chi connectivity index (χ3v) is 5.94. The maximum Gasteiger partial charge on any atom is 0.187 e. The first kappa shape index (κ1) is 24.3. The van der Waals surface area contributed by atoms with E-state index in [0.717, 1.165) is 6.07 Å². The van der Waals surface area contributed by atoms with Gasteiger partial charge in [0, 0.05) is 12.1 Å². The first-order valence-corrected chi connectivity index (χ1v) is 10.4. The first-order chi connectivity index (χ1) is 16.2. The lowest BCUT2D eigenvalue weighted by atomic mass is 9.90. The highest BCUT2D eigenvalue weighted by atomic mass is 16.7. The van der Waals surface area contributed by atoms with Crippen LogP contribution >= 0.6 is 0 Å². The summed E-state index contributed by atoms with van der Waals surface area (Å²) in [7, 11) is 1.36. The molecule has 2 heterocycles. The molecule has 8 N–H and O–H groups in total. The monoisotopic (exact) mass is 482 g/mol. The fourth-order valence-corrected chi connectivity index (χ4v) is 4.15. The Morgan fingerprint density at radius 1 is 0.912 bits per heavy atom. The molecule has 0 saturated carbocycles. The number of benzene rings is 2. The van der Waals surface area contributed by atoms with Crippen molar-refractivity contribution in [2.75, 3.05) is 13.7 Å². The van der Waals surface area contributed by atoms with Crippen molar-refractivity contribution in [3.05, 3.63) is 41.5 Å². The predicted octanol–water partition coefficient (Wildman–Crippen LogP) is -0.836. The molecule has 0 aliphatic carbocycles. The zero-order valence-electron chi connectivity index (χ0n) is 17.9. The number of phenols is 3. The number of aliphatic hydroxyl groups excluding tert-OH is 5. The number of hydrogen-bond acceptors (Lipinski definition) is 12. The molecule has 186 valence electrons. The normalized spacial score (nSPS) is 33.1. The van der Waals surface area contributed by atoms with Gasteiger partial charge in [0.05, 0.1) is 19.3 Å². The van der Waals surface area contributed by atoms with Crippen molar-refractivity contribution in [3.63, 3.8) is 0 Å². The topological polar surface area (TPSA) is 199 Å². The summed E-state index contributed by atoms with van der Waals surface area (Å²) in [5, 5.41) is 81.5. The van der Waals surface area contributed by atoms with Crippen LogP contribution in [0.5, 0.6) is 28.7 Å². The van der Waals surface area contributed by atoms with Crippen LogP contribution in [0.25, 0.3) is 0 Å². The Kier molecular flexibility index (Phi) is 6.73. The van der Waals surface area contributed by atoms with E-state index < -0.39 is 61.4 Å². The fourth-order valence-electron chi connectivity index (χ4n) is 4.15. The molecule has 34 heavy (non-hydrogen) atoms. The smallest absolute Gasteiger partial charge is 0.187 e. The molecule has 12 heteroatoms. The van der Waals surface area contributed by atoms with Crippen molar-refractivity contribution in [2.24, 2.45) is 0 Å². The van der Waals surface area contributed by atoms with E-state index in [0.29, 0.717) is 5.56 Å². The highest BCUT2D eigenvalue weighted by Crippen LogP contribution is 2.49. The Hall–Kier alpha value is -2.84. The summed E-state index contributed by atoms with van der Waals surface area (Å²) in [4.78, 5) is 0. The number of aliphatic hydroxyl groups is 5. The summed E-state index contributed by atoms with van der Waals surface area (Å²) in [6.45, 7) is -0.687.